The Morgan fingerprint density at radius 3 is 2.20 bits per heavy atom. The summed E-state index contributed by atoms with van der Waals surface area (Å²) in [5.41, 5.74) is 0.494. The Kier molecular flexibility index (Phi) is 3.00. The minimum Gasteiger partial charge on any atom is -0.253 e. The van der Waals surface area contributed by atoms with E-state index >= 15 is 0 Å². The van der Waals surface area contributed by atoms with Crippen molar-refractivity contribution in [2.75, 3.05) is 0 Å². The molecule has 0 bridgehead atoms. The molecule has 0 unspecified atom stereocenters. The summed E-state index contributed by atoms with van der Waals surface area (Å²) in [4.78, 5) is 15.4. The third kappa shape index (κ3) is 2.53. The topological polar surface area (TPSA) is 51.6 Å². The van der Waals surface area contributed by atoms with Crippen molar-refractivity contribution in [1.82, 2.24) is 19.9 Å². The fraction of sp³-hybridized carbons (Fsp3) is 0. The Bertz CT molecular complexity index is 483. The molecular weight excluding hydrogens is 258 g/mol. The second-order valence-corrected chi connectivity index (χ2v) is 3.67. The molecule has 0 fully saturated rings. The molecule has 2 rings (SSSR count). The highest BCUT2D eigenvalue weighted by Gasteiger charge is 2.07. The highest BCUT2D eigenvalue weighted by atomic mass is 35.5. The van der Waals surface area contributed by atoms with Crippen LogP contribution >= 0.6 is 34.8 Å². The van der Waals surface area contributed by atoms with Gasteiger partial charge < -0.3 is 0 Å². The molecule has 4 nitrogen and oxygen atoms in total. The van der Waals surface area contributed by atoms with E-state index < -0.39 is 0 Å². The van der Waals surface area contributed by atoms with Crippen LogP contribution in [0.3, 0.4) is 0 Å². The van der Waals surface area contributed by atoms with E-state index in [2.05, 4.69) is 19.9 Å². The minimum atomic E-state index is 0.0202. The number of pyridine rings is 1. The number of rotatable bonds is 1. The second-order valence-electron chi connectivity index (χ2n) is 2.56. The van der Waals surface area contributed by atoms with Crippen LogP contribution in [0, 0.1) is 0 Å². The molecule has 0 spiro atoms. The van der Waals surface area contributed by atoms with E-state index in [9.17, 15) is 0 Å². The fourth-order valence-electron chi connectivity index (χ4n) is 0.968. The first-order valence-corrected chi connectivity index (χ1v) is 4.97. The van der Waals surface area contributed by atoms with Crippen LogP contribution in [0.5, 0.6) is 0 Å². The first-order chi connectivity index (χ1) is 7.15. The van der Waals surface area contributed by atoms with Gasteiger partial charge in [0.2, 0.25) is 10.6 Å². The predicted octanol–water partition coefficient (Wildman–Crippen LogP) is 2.89. The van der Waals surface area contributed by atoms with Gasteiger partial charge in [0.1, 0.15) is 5.69 Å². The normalized spacial score (nSPS) is 10.3. The second kappa shape index (κ2) is 4.26. The van der Waals surface area contributed by atoms with Gasteiger partial charge in [-0.1, -0.05) is 11.6 Å². The van der Waals surface area contributed by atoms with Crippen LogP contribution < -0.4 is 0 Å². The van der Waals surface area contributed by atoms with Gasteiger partial charge in [-0.25, -0.2) is 0 Å². The molecule has 0 radical (unpaired) electrons. The zero-order chi connectivity index (χ0) is 10.8. The lowest BCUT2D eigenvalue weighted by Crippen LogP contribution is -1.95. The first kappa shape index (κ1) is 10.5. The third-order valence-corrected chi connectivity index (χ3v) is 2.11. The molecule has 0 amide bonds. The molecule has 76 valence electrons. The van der Waals surface area contributed by atoms with Crippen LogP contribution in [0.1, 0.15) is 0 Å². The van der Waals surface area contributed by atoms with Crippen LogP contribution in [0.25, 0.3) is 11.5 Å². The molecule has 2 aromatic heterocycles. The van der Waals surface area contributed by atoms with Gasteiger partial charge in [-0.2, -0.15) is 15.0 Å². The van der Waals surface area contributed by atoms with Crippen molar-refractivity contribution in [3.05, 3.63) is 33.9 Å². The van der Waals surface area contributed by atoms with Crippen molar-refractivity contribution in [1.29, 1.82) is 0 Å². The van der Waals surface area contributed by atoms with Gasteiger partial charge in [-0.3, -0.25) is 4.98 Å². The summed E-state index contributed by atoms with van der Waals surface area (Å²) >= 11 is 17.1. The maximum Gasteiger partial charge on any atom is 0.227 e. The highest BCUT2D eigenvalue weighted by molar-refractivity contribution is 6.31. The van der Waals surface area contributed by atoms with E-state index in [-0.39, 0.29) is 10.6 Å². The van der Waals surface area contributed by atoms with Gasteiger partial charge in [0.05, 0.1) is 0 Å². The van der Waals surface area contributed by atoms with E-state index in [4.69, 9.17) is 34.8 Å². The highest BCUT2D eigenvalue weighted by Crippen LogP contribution is 2.18. The molecule has 0 N–H and O–H groups in total. The van der Waals surface area contributed by atoms with Crippen LogP contribution in [-0.2, 0) is 0 Å². The van der Waals surface area contributed by atoms with Crippen LogP contribution in [0.15, 0.2) is 18.3 Å². The average Bonchev–Trinajstić information content (AvgIpc) is 2.16. The fourth-order valence-corrected chi connectivity index (χ4v) is 1.49. The molecular formula is C8H3Cl3N4. The Balaban J connectivity index is 2.54. The lowest BCUT2D eigenvalue weighted by molar-refractivity contribution is 1.04. The first-order valence-electron chi connectivity index (χ1n) is 3.84. The van der Waals surface area contributed by atoms with Gasteiger partial charge in [0, 0.05) is 11.2 Å². The zero-order valence-corrected chi connectivity index (χ0v) is 9.42. The molecule has 0 aromatic carbocycles. The average molecular weight is 261 g/mol. The van der Waals surface area contributed by atoms with Gasteiger partial charge >= 0.3 is 0 Å². The van der Waals surface area contributed by atoms with Gasteiger partial charge in [-0.05, 0) is 35.3 Å². The van der Waals surface area contributed by atoms with Crippen molar-refractivity contribution >= 4 is 34.8 Å². The van der Waals surface area contributed by atoms with E-state index in [1.54, 1.807) is 18.3 Å². The lowest BCUT2D eigenvalue weighted by Gasteiger charge is -1.99. The Hall–Kier alpha value is -0.970. The maximum atomic E-state index is 5.80. The Labute approximate surface area is 100 Å². The van der Waals surface area contributed by atoms with Crippen molar-refractivity contribution in [3.63, 3.8) is 0 Å². The lowest BCUT2D eigenvalue weighted by atomic mass is 10.3. The van der Waals surface area contributed by atoms with Crippen molar-refractivity contribution < 1.29 is 0 Å². The van der Waals surface area contributed by atoms with E-state index in [0.29, 0.717) is 16.5 Å². The number of aromatic nitrogens is 4. The smallest absolute Gasteiger partial charge is 0.227 e. The summed E-state index contributed by atoms with van der Waals surface area (Å²) in [6.07, 6.45) is 1.54. The molecule has 0 aliphatic heterocycles. The molecule has 15 heavy (non-hydrogen) atoms. The SMILES string of the molecule is Clc1ccnc(-c2nc(Cl)nc(Cl)n2)c1. The summed E-state index contributed by atoms with van der Waals surface area (Å²) in [5, 5.41) is 0.575. The Morgan fingerprint density at radius 1 is 0.933 bits per heavy atom. The molecule has 0 atom stereocenters. The van der Waals surface area contributed by atoms with E-state index in [1.807, 2.05) is 0 Å². The summed E-state index contributed by atoms with van der Waals surface area (Å²) in [6.45, 7) is 0. The van der Waals surface area contributed by atoms with Gasteiger partial charge in [-0.15, -0.1) is 0 Å². The van der Waals surface area contributed by atoms with Crippen molar-refractivity contribution in [3.8, 4) is 11.5 Å². The molecule has 0 saturated heterocycles. The number of nitrogens with zero attached hydrogens (tertiary/aromatic N) is 4. The Morgan fingerprint density at radius 2 is 1.60 bits per heavy atom. The molecule has 2 heterocycles. The quantitative estimate of drug-likeness (QED) is 0.792. The van der Waals surface area contributed by atoms with Gasteiger partial charge in [0.15, 0.2) is 5.82 Å². The van der Waals surface area contributed by atoms with Crippen LogP contribution in [-0.4, -0.2) is 19.9 Å². The number of hydrogen-bond acceptors (Lipinski definition) is 4. The largest absolute Gasteiger partial charge is 0.253 e. The summed E-state index contributed by atoms with van der Waals surface area (Å²) in [5.74, 6) is 0.294. The maximum absolute atomic E-state index is 5.80. The van der Waals surface area contributed by atoms with Crippen molar-refractivity contribution in [2.24, 2.45) is 0 Å². The monoisotopic (exact) mass is 260 g/mol. The van der Waals surface area contributed by atoms with Crippen LogP contribution in [0.2, 0.25) is 15.6 Å². The van der Waals surface area contributed by atoms with E-state index in [1.165, 1.54) is 0 Å². The molecule has 0 aliphatic carbocycles. The van der Waals surface area contributed by atoms with E-state index in [0.717, 1.165) is 0 Å². The standard InChI is InChI=1S/C8H3Cl3N4/c9-4-1-2-12-5(3-4)6-13-7(10)15-8(11)14-6/h1-3H. The molecule has 7 heteroatoms. The molecule has 0 aliphatic rings. The summed E-state index contributed by atoms with van der Waals surface area (Å²) < 4.78 is 0. The van der Waals surface area contributed by atoms with Crippen LogP contribution in [0.4, 0.5) is 0 Å². The van der Waals surface area contributed by atoms with Crippen molar-refractivity contribution in [2.45, 2.75) is 0 Å². The number of hydrogen-bond donors (Lipinski definition) is 0. The minimum absolute atomic E-state index is 0.0202. The summed E-state index contributed by atoms with van der Waals surface area (Å²) in [7, 11) is 0. The van der Waals surface area contributed by atoms with Gasteiger partial charge in [0.25, 0.3) is 0 Å². The third-order valence-electron chi connectivity index (χ3n) is 1.53. The predicted molar refractivity (Wildman–Crippen MR) is 58.1 cm³/mol. The molecule has 2 aromatic rings. The molecule has 0 saturated carbocycles. The zero-order valence-electron chi connectivity index (χ0n) is 7.15. The number of halogens is 3. The summed E-state index contributed by atoms with van der Waals surface area (Å²) in [6, 6.07) is 3.26.